The van der Waals surface area contributed by atoms with Gasteiger partial charge in [-0.05, 0) is 49.8 Å². The highest BCUT2D eigenvalue weighted by atomic mass is 16.5. The second-order valence-corrected chi connectivity index (χ2v) is 7.96. The Labute approximate surface area is 177 Å². The standard InChI is InChI=1S/C23H30N4O3/c1-2-17-5-7-19(8-6-17)30-22-14-21(25-16-26-22)27-11-9-18(10-12-27)23(28)24-15-20-4-3-13-29-20/h5-8,14,16,18,20H,2-4,9-13,15H2,1H3,(H,24,28). The molecule has 2 aliphatic rings. The summed E-state index contributed by atoms with van der Waals surface area (Å²) in [5.41, 5.74) is 1.27. The zero-order valence-electron chi connectivity index (χ0n) is 17.5. The molecule has 2 aromatic rings. The number of aromatic nitrogens is 2. The first-order valence-corrected chi connectivity index (χ1v) is 10.9. The third kappa shape index (κ3) is 5.27. The van der Waals surface area contributed by atoms with Crippen LogP contribution in [0.2, 0.25) is 0 Å². The molecule has 3 heterocycles. The first kappa shape index (κ1) is 20.6. The number of rotatable bonds is 7. The molecule has 0 saturated carbocycles. The van der Waals surface area contributed by atoms with Crippen LogP contribution in [0, 0.1) is 5.92 Å². The number of aryl methyl sites for hydroxylation is 1. The topological polar surface area (TPSA) is 76.6 Å². The monoisotopic (exact) mass is 410 g/mol. The van der Waals surface area contributed by atoms with Crippen LogP contribution in [0.4, 0.5) is 5.82 Å². The van der Waals surface area contributed by atoms with E-state index < -0.39 is 0 Å². The Morgan fingerprint density at radius 1 is 1.20 bits per heavy atom. The largest absolute Gasteiger partial charge is 0.439 e. The van der Waals surface area contributed by atoms with Gasteiger partial charge in [0, 0.05) is 38.2 Å². The maximum Gasteiger partial charge on any atom is 0.224 e. The fourth-order valence-electron chi connectivity index (χ4n) is 4.01. The van der Waals surface area contributed by atoms with Crippen LogP contribution in [0.5, 0.6) is 11.6 Å². The molecule has 1 aromatic carbocycles. The molecule has 1 atom stereocenters. The second-order valence-electron chi connectivity index (χ2n) is 7.96. The molecule has 4 rings (SSSR count). The van der Waals surface area contributed by atoms with E-state index in [9.17, 15) is 4.79 Å². The van der Waals surface area contributed by atoms with Crippen molar-refractivity contribution in [3.05, 3.63) is 42.2 Å². The summed E-state index contributed by atoms with van der Waals surface area (Å²) in [7, 11) is 0. The Bertz CT molecular complexity index is 829. The molecule has 2 fully saturated rings. The van der Waals surface area contributed by atoms with E-state index in [4.69, 9.17) is 9.47 Å². The maximum absolute atomic E-state index is 12.5. The number of amides is 1. The molecule has 1 aromatic heterocycles. The summed E-state index contributed by atoms with van der Waals surface area (Å²) >= 11 is 0. The number of ether oxygens (including phenoxy) is 2. The van der Waals surface area contributed by atoms with Crippen LogP contribution >= 0.6 is 0 Å². The number of nitrogens with zero attached hydrogens (tertiary/aromatic N) is 3. The third-order valence-electron chi connectivity index (χ3n) is 5.90. The molecule has 0 aliphatic carbocycles. The van der Waals surface area contributed by atoms with E-state index in [2.05, 4.69) is 39.2 Å². The highest BCUT2D eigenvalue weighted by molar-refractivity contribution is 5.79. The van der Waals surface area contributed by atoms with Crippen molar-refractivity contribution in [3.8, 4) is 11.6 Å². The molecule has 160 valence electrons. The van der Waals surface area contributed by atoms with Crippen molar-refractivity contribution >= 4 is 11.7 Å². The molecule has 7 nitrogen and oxygen atoms in total. The lowest BCUT2D eigenvalue weighted by Gasteiger charge is -2.32. The second kappa shape index (κ2) is 9.89. The van der Waals surface area contributed by atoms with Gasteiger partial charge in [-0.25, -0.2) is 9.97 Å². The SMILES string of the molecule is CCc1ccc(Oc2cc(N3CCC(C(=O)NCC4CCCO4)CC3)ncn2)cc1. The molecule has 0 radical (unpaired) electrons. The van der Waals surface area contributed by atoms with Crippen molar-refractivity contribution in [2.24, 2.45) is 5.92 Å². The molecule has 30 heavy (non-hydrogen) atoms. The molecule has 2 saturated heterocycles. The van der Waals surface area contributed by atoms with E-state index in [-0.39, 0.29) is 17.9 Å². The van der Waals surface area contributed by atoms with Crippen LogP contribution in [-0.4, -0.2) is 48.2 Å². The Morgan fingerprint density at radius 2 is 2.00 bits per heavy atom. The van der Waals surface area contributed by atoms with E-state index in [1.165, 1.54) is 11.9 Å². The predicted octanol–water partition coefficient (Wildman–Crippen LogP) is 3.34. The lowest BCUT2D eigenvalue weighted by Crippen LogP contribution is -2.42. The van der Waals surface area contributed by atoms with Crippen molar-refractivity contribution in [2.75, 3.05) is 31.1 Å². The van der Waals surface area contributed by atoms with Gasteiger partial charge in [-0.1, -0.05) is 19.1 Å². The molecule has 0 bridgehead atoms. The molecule has 1 unspecified atom stereocenters. The van der Waals surface area contributed by atoms with Crippen LogP contribution < -0.4 is 15.0 Å². The summed E-state index contributed by atoms with van der Waals surface area (Å²) in [6.07, 6.45) is 6.48. The Hall–Kier alpha value is -2.67. The van der Waals surface area contributed by atoms with Gasteiger partial charge in [0.2, 0.25) is 11.8 Å². The lowest BCUT2D eigenvalue weighted by molar-refractivity contribution is -0.126. The van der Waals surface area contributed by atoms with Gasteiger partial charge in [0.1, 0.15) is 17.9 Å². The van der Waals surface area contributed by atoms with Crippen LogP contribution in [0.3, 0.4) is 0 Å². The van der Waals surface area contributed by atoms with Crippen molar-refractivity contribution < 1.29 is 14.3 Å². The molecule has 0 spiro atoms. The van der Waals surface area contributed by atoms with Gasteiger partial charge < -0.3 is 19.7 Å². The normalized spacial score (nSPS) is 19.6. The summed E-state index contributed by atoms with van der Waals surface area (Å²) in [6.45, 7) is 5.15. The number of carbonyl (C=O) groups is 1. The third-order valence-corrected chi connectivity index (χ3v) is 5.90. The number of benzene rings is 1. The molecule has 2 aliphatic heterocycles. The first-order chi connectivity index (χ1) is 14.7. The summed E-state index contributed by atoms with van der Waals surface area (Å²) in [6, 6.07) is 9.91. The van der Waals surface area contributed by atoms with Gasteiger partial charge in [-0.3, -0.25) is 4.79 Å². The fourth-order valence-corrected chi connectivity index (χ4v) is 4.01. The number of piperidine rings is 1. The quantitative estimate of drug-likeness (QED) is 0.754. The number of anilines is 1. The zero-order valence-corrected chi connectivity index (χ0v) is 17.5. The van der Waals surface area contributed by atoms with Gasteiger partial charge >= 0.3 is 0 Å². The Balaban J connectivity index is 1.28. The van der Waals surface area contributed by atoms with Crippen molar-refractivity contribution in [3.63, 3.8) is 0 Å². The summed E-state index contributed by atoms with van der Waals surface area (Å²) in [5, 5.41) is 3.07. The predicted molar refractivity (Wildman–Crippen MR) is 115 cm³/mol. The first-order valence-electron chi connectivity index (χ1n) is 10.9. The smallest absolute Gasteiger partial charge is 0.224 e. The van der Waals surface area contributed by atoms with Gasteiger partial charge in [-0.2, -0.15) is 0 Å². The van der Waals surface area contributed by atoms with Crippen LogP contribution in [0.25, 0.3) is 0 Å². The lowest BCUT2D eigenvalue weighted by atomic mass is 9.96. The van der Waals surface area contributed by atoms with Gasteiger partial charge in [-0.15, -0.1) is 0 Å². The van der Waals surface area contributed by atoms with Crippen LogP contribution in [-0.2, 0) is 16.0 Å². The van der Waals surface area contributed by atoms with Gasteiger partial charge in [0.25, 0.3) is 0 Å². The Kier molecular flexibility index (Phi) is 6.79. The summed E-state index contributed by atoms with van der Waals surface area (Å²) in [4.78, 5) is 23.3. The maximum atomic E-state index is 12.5. The number of carbonyl (C=O) groups excluding carboxylic acids is 1. The van der Waals surface area contributed by atoms with Crippen LogP contribution in [0.15, 0.2) is 36.7 Å². The minimum atomic E-state index is 0.0530. The van der Waals surface area contributed by atoms with E-state index in [0.29, 0.717) is 12.4 Å². The minimum absolute atomic E-state index is 0.0530. The number of hydrogen-bond acceptors (Lipinski definition) is 6. The molecule has 1 amide bonds. The molecule has 7 heteroatoms. The summed E-state index contributed by atoms with van der Waals surface area (Å²) < 4.78 is 11.5. The average molecular weight is 411 g/mol. The minimum Gasteiger partial charge on any atom is -0.439 e. The van der Waals surface area contributed by atoms with Crippen LogP contribution in [0.1, 0.15) is 38.2 Å². The molecule has 1 N–H and O–H groups in total. The van der Waals surface area contributed by atoms with Gasteiger partial charge in [0.15, 0.2) is 0 Å². The van der Waals surface area contributed by atoms with Crippen molar-refractivity contribution in [1.29, 1.82) is 0 Å². The van der Waals surface area contributed by atoms with E-state index in [0.717, 1.165) is 63.4 Å². The van der Waals surface area contributed by atoms with E-state index in [1.54, 1.807) is 0 Å². The molecular weight excluding hydrogens is 380 g/mol. The zero-order chi connectivity index (χ0) is 20.8. The molecular formula is C23H30N4O3. The number of nitrogens with one attached hydrogen (secondary N) is 1. The summed E-state index contributed by atoms with van der Waals surface area (Å²) in [5.74, 6) is 2.33. The van der Waals surface area contributed by atoms with E-state index in [1.807, 2.05) is 18.2 Å². The number of hydrogen-bond donors (Lipinski definition) is 1. The average Bonchev–Trinajstić information content (AvgIpc) is 3.32. The highest BCUT2D eigenvalue weighted by Crippen LogP contribution is 2.26. The van der Waals surface area contributed by atoms with Crippen molar-refractivity contribution in [2.45, 2.75) is 45.1 Å². The Morgan fingerprint density at radius 3 is 2.70 bits per heavy atom. The van der Waals surface area contributed by atoms with Gasteiger partial charge in [0.05, 0.1) is 6.10 Å². The van der Waals surface area contributed by atoms with E-state index >= 15 is 0 Å². The fraction of sp³-hybridized carbons (Fsp3) is 0.522. The highest BCUT2D eigenvalue weighted by Gasteiger charge is 2.26. The van der Waals surface area contributed by atoms with Crippen molar-refractivity contribution in [1.82, 2.24) is 15.3 Å².